The van der Waals surface area contributed by atoms with Crippen LogP contribution in [0.25, 0.3) is 11.3 Å². The van der Waals surface area contributed by atoms with Gasteiger partial charge in [-0.25, -0.2) is 0 Å². The molecule has 1 aromatic carbocycles. The second-order valence-electron chi connectivity index (χ2n) is 5.59. The largest absolute Gasteiger partial charge is 0.315 e. The molecule has 2 aromatic rings. The summed E-state index contributed by atoms with van der Waals surface area (Å²) in [4.78, 5) is 12.7. The molecule has 0 bridgehead atoms. The Morgan fingerprint density at radius 2 is 1.81 bits per heavy atom. The first-order valence-corrected chi connectivity index (χ1v) is 7.54. The summed E-state index contributed by atoms with van der Waals surface area (Å²) in [5.41, 5.74) is 2.81. The van der Waals surface area contributed by atoms with Crippen molar-refractivity contribution < 1.29 is 0 Å². The van der Waals surface area contributed by atoms with Gasteiger partial charge in [0, 0.05) is 23.7 Å². The van der Waals surface area contributed by atoms with Crippen molar-refractivity contribution in [1.29, 1.82) is 0 Å². The molecule has 1 heterocycles. The maximum absolute atomic E-state index is 12.7. The molecule has 0 atom stereocenters. The Hall–Kier alpha value is -1.58. The van der Waals surface area contributed by atoms with Crippen LogP contribution in [-0.2, 0) is 13.1 Å². The first-order valence-electron chi connectivity index (χ1n) is 7.16. The van der Waals surface area contributed by atoms with Gasteiger partial charge in [-0.05, 0) is 36.7 Å². The van der Waals surface area contributed by atoms with Gasteiger partial charge in [-0.15, -0.1) is 0 Å². The van der Waals surface area contributed by atoms with Crippen LogP contribution in [0.3, 0.4) is 0 Å². The Balaban J connectivity index is 2.56. The third-order valence-corrected chi connectivity index (χ3v) is 3.56. The van der Waals surface area contributed by atoms with Crippen molar-refractivity contribution in [1.82, 2.24) is 9.88 Å². The molecule has 1 aromatic heterocycles. The van der Waals surface area contributed by atoms with Crippen LogP contribution in [0.2, 0.25) is 5.02 Å². The van der Waals surface area contributed by atoms with E-state index in [1.54, 1.807) is 0 Å². The molecule has 2 rings (SSSR count). The van der Waals surface area contributed by atoms with Crippen LogP contribution in [0.4, 0.5) is 0 Å². The van der Waals surface area contributed by atoms with Gasteiger partial charge in [-0.1, -0.05) is 43.6 Å². The maximum atomic E-state index is 12.7. The lowest BCUT2D eigenvalue weighted by molar-refractivity contribution is 0.511. The van der Waals surface area contributed by atoms with Gasteiger partial charge in [0.05, 0.1) is 5.69 Å². The lowest BCUT2D eigenvalue weighted by Gasteiger charge is -2.17. The van der Waals surface area contributed by atoms with Crippen LogP contribution in [-0.4, -0.2) is 11.6 Å². The SMILES string of the molecule is CNCc1ccc(-c2ccc(Cl)cc2)n(CC(C)C)c1=O. The summed E-state index contributed by atoms with van der Waals surface area (Å²) in [6.45, 7) is 5.51. The molecule has 1 N–H and O–H groups in total. The maximum Gasteiger partial charge on any atom is 0.255 e. The first kappa shape index (κ1) is 15.8. The minimum atomic E-state index is 0.0745. The van der Waals surface area contributed by atoms with E-state index in [0.29, 0.717) is 24.0 Å². The smallest absolute Gasteiger partial charge is 0.255 e. The van der Waals surface area contributed by atoms with Crippen molar-refractivity contribution in [2.24, 2.45) is 5.92 Å². The Morgan fingerprint density at radius 3 is 2.38 bits per heavy atom. The number of nitrogens with zero attached hydrogens (tertiary/aromatic N) is 1. The van der Waals surface area contributed by atoms with E-state index in [1.165, 1.54) is 0 Å². The van der Waals surface area contributed by atoms with Crippen LogP contribution in [0.15, 0.2) is 41.2 Å². The van der Waals surface area contributed by atoms with Crippen LogP contribution in [0, 0.1) is 5.92 Å². The second-order valence-corrected chi connectivity index (χ2v) is 6.03. The van der Waals surface area contributed by atoms with Crippen LogP contribution in [0.1, 0.15) is 19.4 Å². The zero-order valence-electron chi connectivity index (χ0n) is 12.7. The Bertz CT molecular complexity index is 659. The van der Waals surface area contributed by atoms with E-state index >= 15 is 0 Å². The monoisotopic (exact) mass is 304 g/mol. The lowest BCUT2D eigenvalue weighted by Crippen LogP contribution is -2.28. The number of pyridine rings is 1. The number of hydrogen-bond donors (Lipinski definition) is 1. The third-order valence-electron chi connectivity index (χ3n) is 3.31. The number of rotatable bonds is 5. The highest BCUT2D eigenvalue weighted by Gasteiger charge is 2.11. The van der Waals surface area contributed by atoms with Crippen molar-refractivity contribution in [3.63, 3.8) is 0 Å². The number of benzene rings is 1. The summed E-state index contributed by atoms with van der Waals surface area (Å²) in [5.74, 6) is 0.401. The lowest BCUT2D eigenvalue weighted by atomic mass is 10.1. The van der Waals surface area contributed by atoms with E-state index in [9.17, 15) is 4.79 Å². The van der Waals surface area contributed by atoms with Gasteiger partial charge in [0.2, 0.25) is 0 Å². The zero-order chi connectivity index (χ0) is 15.4. The Morgan fingerprint density at radius 1 is 1.14 bits per heavy atom. The molecule has 3 nitrogen and oxygen atoms in total. The van der Waals surface area contributed by atoms with Gasteiger partial charge in [0.1, 0.15) is 0 Å². The molecule has 112 valence electrons. The molecular weight excluding hydrogens is 284 g/mol. The van der Waals surface area contributed by atoms with E-state index in [2.05, 4.69) is 19.2 Å². The molecule has 0 unspecified atom stereocenters. The minimum absolute atomic E-state index is 0.0745. The number of hydrogen-bond acceptors (Lipinski definition) is 2. The zero-order valence-corrected chi connectivity index (χ0v) is 13.4. The molecule has 4 heteroatoms. The number of halogens is 1. The van der Waals surface area contributed by atoms with Gasteiger partial charge in [0.25, 0.3) is 5.56 Å². The molecule has 0 fully saturated rings. The highest BCUT2D eigenvalue weighted by atomic mass is 35.5. The van der Waals surface area contributed by atoms with Gasteiger partial charge >= 0.3 is 0 Å². The van der Waals surface area contributed by atoms with Crippen molar-refractivity contribution >= 4 is 11.6 Å². The van der Waals surface area contributed by atoms with E-state index in [-0.39, 0.29) is 5.56 Å². The van der Waals surface area contributed by atoms with Gasteiger partial charge in [0.15, 0.2) is 0 Å². The Kier molecular flexibility index (Phi) is 5.21. The fourth-order valence-electron chi connectivity index (χ4n) is 2.37. The van der Waals surface area contributed by atoms with Crippen molar-refractivity contribution in [2.45, 2.75) is 26.9 Å². The van der Waals surface area contributed by atoms with Gasteiger partial charge < -0.3 is 9.88 Å². The quantitative estimate of drug-likeness (QED) is 0.916. The molecule has 0 radical (unpaired) electrons. The van der Waals surface area contributed by atoms with Crippen LogP contribution >= 0.6 is 11.6 Å². The molecule has 0 amide bonds. The van der Waals surface area contributed by atoms with Gasteiger partial charge in [-0.2, -0.15) is 0 Å². The van der Waals surface area contributed by atoms with Crippen molar-refractivity contribution in [2.75, 3.05) is 7.05 Å². The molecule has 0 spiro atoms. The average Bonchev–Trinajstić information content (AvgIpc) is 2.44. The normalized spacial score (nSPS) is 11.1. The highest BCUT2D eigenvalue weighted by molar-refractivity contribution is 6.30. The predicted octanol–water partition coefficient (Wildman–Crippen LogP) is 3.54. The van der Waals surface area contributed by atoms with Crippen molar-refractivity contribution in [3.05, 3.63) is 57.3 Å². The summed E-state index contributed by atoms with van der Waals surface area (Å²) in [6, 6.07) is 11.5. The number of aromatic nitrogens is 1. The molecule has 0 aliphatic heterocycles. The standard InChI is InChI=1S/C17H21ClN2O/c1-12(2)11-20-16(13-4-7-15(18)8-5-13)9-6-14(10-19-3)17(20)21/h4-9,12,19H,10-11H2,1-3H3. The first-order chi connectivity index (χ1) is 10.0. The molecule has 0 saturated heterocycles. The summed E-state index contributed by atoms with van der Waals surface area (Å²) < 4.78 is 1.86. The average molecular weight is 305 g/mol. The second kappa shape index (κ2) is 6.92. The molecule has 0 saturated carbocycles. The van der Waals surface area contributed by atoms with E-state index < -0.39 is 0 Å². The summed E-state index contributed by atoms with van der Waals surface area (Å²) >= 11 is 5.94. The molecule has 0 aliphatic rings. The van der Waals surface area contributed by atoms with E-state index in [0.717, 1.165) is 16.8 Å². The van der Waals surface area contributed by atoms with Gasteiger partial charge in [-0.3, -0.25) is 4.79 Å². The highest BCUT2D eigenvalue weighted by Crippen LogP contribution is 2.21. The topological polar surface area (TPSA) is 34.0 Å². The summed E-state index contributed by atoms with van der Waals surface area (Å²) in [7, 11) is 1.85. The fourth-order valence-corrected chi connectivity index (χ4v) is 2.49. The summed E-state index contributed by atoms with van der Waals surface area (Å²) in [5, 5.41) is 3.74. The molecule has 21 heavy (non-hydrogen) atoms. The fraction of sp³-hybridized carbons (Fsp3) is 0.353. The van der Waals surface area contributed by atoms with E-state index in [1.807, 2.05) is 48.0 Å². The van der Waals surface area contributed by atoms with Crippen LogP contribution in [0.5, 0.6) is 0 Å². The molecular formula is C17H21ClN2O. The predicted molar refractivity (Wildman–Crippen MR) is 88.7 cm³/mol. The third kappa shape index (κ3) is 3.74. The number of nitrogens with one attached hydrogen (secondary N) is 1. The minimum Gasteiger partial charge on any atom is -0.315 e. The van der Waals surface area contributed by atoms with Crippen LogP contribution < -0.4 is 10.9 Å². The van der Waals surface area contributed by atoms with E-state index in [4.69, 9.17) is 11.6 Å². The Labute approximate surface area is 130 Å². The molecule has 0 aliphatic carbocycles. The van der Waals surface area contributed by atoms with Crippen molar-refractivity contribution in [3.8, 4) is 11.3 Å². The summed E-state index contributed by atoms with van der Waals surface area (Å²) in [6.07, 6.45) is 0.